The fraction of sp³-hybridized carbons (Fsp3) is 0.538. The zero-order chi connectivity index (χ0) is 11.8. The summed E-state index contributed by atoms with van der Waals surface area (Å²) in [7, 11) is 0. The van der Waals surface area contributed by atoms with Crippen LogP contribution in [-0.2, 0) is 4.74 Å². The van der Waals surface area contributed by atoms with Crippen LogP contribution in [0.4, 0.5) is 0 Å². The van der Waals surface area contributed by atoms with E-state index >= 15 is 0 Å². The number of aromatic nitrogens is 1. The topological polar surface area (TPSA) is 39.2 Å². The molecule has 1 aromatic rings. The molecule has 3 heteroatoms. The maximum atomic E-state index is 11.6. The van der Waals surface area contributed by atoms with Gasteiger partial charge >= 0.3 is 5.97 Å². The summed E-state index contributed by atoms with van der Waals surface area (Å²) in [5, 5.41) is 0. The van der Waals surface area contributed by atoms with Gasteiger partial charge < -0.3 is 4.74 Å². The molecule has 0 spiro atoms. The molecule has 1 atom stereocenters. The van der Waals surface area contributed by atoms with E-state index in [1.807, 2.05) is 6.92 Å². The van der Waals surface area contributed by atoms with E-state index in [0.717, 1.165) is 12.8 Å². The van der Waals surface area contributed by atoms with Crippen molar-refractivity contribution in [3.8, 4) is 0 Å². The predicted octanol–water partition coefficient (Wildman–Crippen LogP) is 3.21. The number of carbonyl (C=O) groups excluding carboxylic acids is 1. The average molecular weight is 221 g/mol. The molecule has 0 saturated carbocycles. The number of carbonyl (C=O) groups is 1. The molecule has 1 unspecified atom stereocenters. The Hall–Kier alpha value is -1.38. The predicted molar refractivity (Wildman–Crippen MR) is 63.3 cm³/mol. The van der Waals surface area contributed by atoms with Gasteiger partial charge in [-0.25, -0.2) is 9.78 Å². The van der Waals surface area contributed by atoms with Crippen LogP contribution in [0.25, 0.3) is 0 Å². The van der Waals surface area contributed by atoms with Crippen molar-refractivity contribution in [1.29, 1.82) is 0 Å². The molecular formula is C13H19NO2. The number of hydrogen-bond donors (Lipinski definition) is 0. The lowest BCUT2D eigenvalue weighted by Gasteiger charge is -2.12. The summed E-state index contributed by atoms with van der Waals surface area (Å²) < 4.78 is 5.28. The molecule has 0 fully saturated rings. The van der Waals surface area contributed by atoms with Crippen molar-refractivity contribution in [2.45, 2.75) is 45.6 Å². The van der Waals surface area contributed by atoms with Crippen LogP contribution in [0.1, 0.15) is 50.0 Å². The fourth-order valence-electron chi connectivity index (χ4n) is 1.47. The minimum Gasteiger partial charge on any atom is -0.458 e. The van der Waals surface area contributed by atoms with Gasteiger partial charge in [-0.3, -0.25) is 0 Å². The van der Waals surface area contributed by atoms with Gasteiger partial charge in [-0.2, -0.15) is 0 Å². The fourth-order valence-corrected chi connectivity index (χ4v) is 1.47. The molecule has 0 radical (unpaired) electrons. The minimum atomic E-state index is -0.329. The SMILES string of the molecule is CCCCCC(C)OC(=O)c1ccccn1. The van der Waals surface area contributed by atoms with Crippen molar-refractivity contribution in [1.82, 2.24) is 4.98 Å². The van der Waals surface area contributed by atoms with Crippen molar-refractivity contribution in [3.05, 3.63) is 30.1 Å². The molecule has 3 nitrogen and oxygen atoms in total. The van der Waals surface area contributed by atoms with E-state index in [1.165, 1.54) is 12.8 Å². The van der Waals surface area contributed by atoms with Crippen LogP contribution in [0.15, 0.2) is 24.4 Å². The molecule has 0 saturated heterocycles. The van der Waals surface area contributed by atoms with Crippen LogP contribution < -0.4 is 0 Å². The second kappa shape index (κ2) is 6.99. The summed E-state index contributed by atoms with van der Waals surface area (Å²) in [6.45, 7) is 4.08. The lowest BCUT2D eigenvalue weighted by molar-refractivity contribution is 0.0312. The van der Waals surface area contributed by atoms with Crippen molar-refractivity contribution in [2.24, 2.45) is 0 Å². The van der Waals surface area contributed by atoms with E-state index in [0.29, 0.717) is 5.69 Å². The highest BCUT2D eigenvalue weighted by Crippen LogP contribution is 2.08. The van der Waals surface area contributed by atoms with E-state index in [2.05, 4.69) is 11.9 Å². The van der Waals surface area contributed by atoms with Crippen LogP contribution in [0.3, 0.4) is 0 Å². The third kappa shape index (κ3) is 4.43. The molecular weight excluding hydrogens is 202 g/mol. The monoisotopic (exact) mass is 221 g/mol. The van der Waals surface area contributed by atoms with E-state index in [4.69, 9.17) is 4.74 Å². The molecule has 1 rings (SSSR count). The first-order valence-corrected chi connectivity index (χ1v) is 5.86. The molecule has 0 bridgehead atoms. The lowest BCUT2D eigenvalue weighted by atomic mass is 10.1. The third-order valence-electron chi connectivity index (χ3n) is 2.40. The summed E-state index contributed by atoms with van der Waals surface area (Å²) in [6.07, 6.45) is 5.96. The van der Waals surface area contributed by atoms with Crippen molar-refractivity contribution >= 4 is 5.97 Å². The van der Waals surface area contributed by atoms with E-state index < -0.39 is 0 Å². The summed E-state index contributed by atoms with van der Waals surface area (Å²) in [4.78, 5) is 15.6. The Kier molecular flexibility index (Phi) is 5.54. The minimum absolute atomic E-state index is 0.0268. The molecule has 88 valence electrons. The molecule has 0 aliphatic rings. The molecule has 0 aliphatic heterocycles. The number of pyridine rings is 1. The molecule has 16 heavy (non-hydrogen) atoms. The summed E-state index contributed by atoms with van der Waals surface area (Å²) >= 11 is 0. The first-order chi connectivity index (χ1) is 7.74. The Morgan fingerprint density at radius 1 is 1.44 bits per heavy atom. The van der Waals surface area contributed by atoms with Gasteiger partial charge in [0.2, 0.25) is 0 Å². The summed E-state index contributed by atoms with van der Waals surface area (Å²) in [5.41, 5.74) is 0.379. The van der Waals surface area contributed by atoms with Crippen molar-refractivity contribution < 1.29 is 9.53 Å². The zero-order valence-electron chi connectivity index (χ0n) is 9.98. The maximum Gasteiger partial charge on any atom is 0.357 e. The number of esters is 1. The van der Waals surface area contributed by atoms with Gasteiger partial charge in [0, 0.05) is 6.20 Å². The highest BCUT2D eigenvalue weighted by molar-refractivity contribution is 5.87. The standard InChI is InChI=1S/C13H19NO2/c1-3-4-5-8-11(2)16-13(15)12-9-6-7-10-14-12/h6-7,9-11H,3-5,8H2,1-2H3. The zero-order valence-corrected chi connectivity index (χ0v) is 9.98. The van der Waals surface area contributed by atoms with Crippen LogP contribution in [0.5, 0.6) is 0 Å². The quantitative estimate of drug-likeness (QED) is 0.547. The Morgan fingerprint density at radius 2 is 2.25 bits per heavy atom. The van der Waals surface area contributed by atoms with Gasteiger partial charge in [-0.1, -0.05) is 25.8 Å². The molecule has 0 N–H and O–H groups in total. The number of rotatable bonds is 6. The number of nitrogens with zero attached hydrogens (tertiary/aromatic N) is 1. The first kappa shape index (κ1) is 12.7. The highest BCUT2D eigenvalue weighted by Gasteiger charge is 2.11. The number of ether oxygens (including phenoxy) is 1. The number of hydrogen-bond acceptors (Lipinski definition) is 3. The van der Waals surface area contributed by atoms with E-state index in [9.17, 15) is 4.79 Å². The summed E-state index contributed by atoms with van der Waals surface area (Å²) in [6, 6.07) is 5.23. The smallest absolute Gasteiger partial charge is 0.357 e. The Labute approximate surface area is 96.8 Å². The highest BCUT2D eigenvalue weighted by atomic mass is 16.5. The average Bonchev–Trinajstić information content (AvgIpc) is 2.30. The van der Waals surface area contributed by atoms with Crippen molar-refractivity contribution in [3.63, 3.8) is 0 Å². The molecule has 1 aromatic heterocycles. The Bertz CT molecular complexity index is 311. The van der Waals surface area contributed by atoms with Gasteiger partial charge in [0.15, 0.2) is 0 Å². The first-order valence-electron chi connectivity index (χ1n) is 5.86. The van der Waals surface area contributed by atoms with Crippen LogP contribution in [0, 0.1) is 0 Å². The van der Waals surface area contributed by atoms with Crippen molar-refractivity contribution in [2.75, 3.05) is 0 Å². The second-order valence-corrected chi connectivity index (χ2v) is 3.93. The normalized spacial score (nSPS) is 12.1. The van der Waals surface area contributed by atoms with E-state index in [-0.39, 0.29) is 12.1 Å². The molecule has 0 aliphatic carbocycles. The van der Waals surface area contributed by atoms with Gasteiger partial charge in [-0.05, 0) is 31.9 Å². The maximum absolute atomic E-state index is 11.6. The number of unbranched alkanes of at least 4 members (excludes halogenated alkanes) is 2. The van der Waals surface area contributed by atoms with E-state index in [1.54, 1.807) is 24.4 Å². The van der Waals surface area contributed by atoms with Gasteiger partial charge in [0.05, 0.1) is 6.10 Å². The van der Waals surface area contributed by atoms with Gasteiger partial charge in [-0.15, -0.1) is 0 Å². The molecule has 1 heterocycles. The molecule has 0 amide bonds. The van der Waals surface area contributed by atoms with Crippen LogP contribution in [0.2, 0.25) is 0 Å². The van der Waals surface area contributed by atoms with Gasteiger partial charge in [0.1, 0.15) is 5.69 Å². The Morgan fingerprint density at radius 3 is 2.88 bits per heavy atom. The third-order valence-corrected chi connectivity index (χ3v) is 2.40. The lowest BCUT2D eigenvalue weighted by Crippen LogP contribution is -2.15. The summed E-state index contributed by atoms with van der Waals surface area (Å²) in [5.74, 6) is -0.329. The molecule has 0 aromatic carbocycles. The van der Waals surface area contributed by atoms with Crippen LogP contribution in [-0.4, -0.2) is 17.1 Å². The Balaban J connectivity index is 2.34. The van der Waals surface area contributed by atoms with Gasteiger partial charge in [0.25, 0.3) is 0 Å². The largest absolute Gasteiger partial charge is 0.458 e. The second-order valence-electron chi connectivity index (χ2n) is 3.93. The van der Waals surface area contributed by atoms with Crippen LogP contribution >= 0.6 is 0 Å².